The van der Waals surface area contributed by atoms with Crippen molar-refractivity contribution in [3.8, 4) is 22.9 Å². The molecule has 1 aromatic carbocycles. The number of aromatic nitrogens is 3. The van der Waals surface area contributed by atoms with Gasteiger partial charge in [-0.1, -0.05) is 6.07 Å². The summed E-state index contributed by atoms with van der Waals surface area (Å²) in [5, 5.41) is 11.8. The quantitative estimate of drug-likeness (QED) is 0.436. The summed E-state index contributed by atoms with van der Waals surface area (Å²) in [6, 6.07) is 10.4. The molecular formula is C28H29F2N5O5. The number of nitrogens with one attached hydrogen (secondary N) is 1. The Hall–Kier alpha value is -4.19. The molecule has 12 heteroatoms. The number of carbonyl (C=O) groups is 2. The van der Waals surface area contributed by atoms with Gasteiger partial charge in [0.05, 0.1) is 19.3 Å². The van der Waals surface area contributed by atoms with Gasteiger partial charge in [-0.3, -0.25) is 9.59 Å². The number of benzene rings is 1. The number of hydrogen-bond acceptors (Lipinski definition) is 8. The highest BCUT2D eigenvalue weighted by atomic mass is 19.3. The first-order valence-electron chi connectivity index (χ1n) is 12.9. The largest absolute Gasteiger partial charge is 0.484 e. The van der Waals surface area contributed by atoms with Crippen molar-refractivity contribution < 1.29 is 33.0 Å². The fraction of sp³-hybridized carbons (Fsp3) is 0.393. The molecule has 3 atom stereocenters. The highest BCUT2D eigenvalue weighted by Crippen LogP contribution is 2.48. The van der Waals surface area contributed by atoms with E-state index >= 15 is 0 Å². The number of aliphatic hydroxyl groups excluding tert-OH is 1. The summed E-state index contributed by atoms with van der Waals surface area (Å²) in [5.74, 6) is -3.06. The van der Waals surface area contributed by atoms with Gasteiger partial charge >= 0.3 is 5.92 Å². The molecule has 2 aromatic heterocycles. The van der Waals surface area contributed by atoms with Crippen LogP contribution in [0.2, 0.25) is 0 Å². The number of ether oxygens (including phenoxy) is 2. The van der Waals surface area contributed by atoms with Crippen LogP contribution in [0.25, 0.3) is 11.3 Å². The van der Waals surface area contributed by atoms with E-state index in [1.54, 1.807) is 50.6 Å². The van der Waals surface area contributed by atoms with E-state index in [4.69, 9.17) is 14.6 Å². The van der Waals surface area contributed by atoms with Gasteiger partial charge in [-0.05, 0) is 48.6 Å². The molecule has 1 saturated carbocycles. The minimum atomic E-state index is -3.27. The minimum absolute atomic E-state index is 0.0638. The molecule has 0 unspecified atom stereocenters. The standard InChI is InChI=1S/C28H29F2N5O5/c1-16-9-17(3-5-22(16)40-23-7-8-35(26(37)13-36)14-28(23,29)30)21-11-24(33-15-32-21)34-27(38)20-10-19(20)18-4-6-25(39-2)31-12-18/h3-6,9,11-12,15,19-20,23,36H,7-8,10,13-14H2,1-2H3,(H,32,33,34,38)/t19-,20+,23-/m0/s1. The van der Waals surface area contributed by atoms with Gasteiger partial charge in [0.2, 0.25) is 17.7 Å². The van der Waals surface area contributed by atoms with Crippen molar-refractivity contribution in [1.82, 2.24) is 19.9 Å². The van der Waals surface area contributed by atoms with Crippen LogP contribution >= 0.6 is 0 Å². The number of amides is 2. The number of hydrogen-bond donors (Lipinski definition) is 2. The summed E-state index contributed by atoms with van der Waals surface area (Å²) < 4.78 is 40.1. The Bertz CT molecular complexity index is 1400. The van der Waals surface area contributed by atoms with E-state index in [1.807, 2.05) is 6.07 Å². The fourth-order valence-corrected chi connectivity index (χ4v) is 4.86. The maximum atomic E-state index is 14.7. The van der Waals surface area contributed by atoms with E-state index in [2.05, 4.69) is 20.3 Å². The van der Waals surface area contributed by atoms with Crippen molar-refractivity contribution in [3.63, 3.8) is 0 Å². The molecule has 2 amide bonds. The van der Waals surface area contributed by atoms with Gasteiger partial charge in [0.1, 0.15) is 24.5 Å². The molecule has 3 heterocycles. The molecular weight excluding hydrogens is 524 g/mol. The SMILES string of the molecule is COc1ccc([C@@H]2C[C@H]2C(=O)Nc2cc(-c3ccc(O[C@H]4CCN(C(=O)CO)CC4(F)F)c(C)c3)ncn2)cn1. The molecule has 1 saturated heterocycles. The van der Waals surface area contributed by atoms with E-state index in [9.17, 15) is 18.4 Å². The Balaban J connectivity index is 1.22. The summed E-state index contributed by atoms with van der Waals surface area (Å²) in [7, 11) is 1.55. The normalized spacial score (nSPS) is 21.4. The number of nitrogens with zero attached hydrogens (tertiary/aromatic N) is 4. The van der Waals surface area contributed by atoms with Crippen LogP contribution in [0.3, 0.4) is 0 Å². The first kappa shape index (κ1) is 27.4. The van der Waals surface area contributed by atoms with E-state index < -0.39 is 31.1 Å². The molecule has 2 fully saturated rings. The first-order valence-corrected chi connectivity index (χ1v) is 12.9. The van der Waals surface area contributed by atoms with Crippen LogP contribution in [0, 0.1) is 12.8 Å². The van der Waals surface area contributed by atoms with E-state index in [0.29, 0.717) is 40.7 Å². The lowest BCUT2D eigenvalue weighted by molar-refractivity contribution is -0.161. The second kappa shape index (κ2) is 11.1. The summed E-state index contributed by atoms with van der Waals surface area (Å²) in [4.78, 5) is 38.1. The lowest BCUT2D eigenvalue weighted by atomic mass is 10.0. The van der Waals surface area contributed by atoms with Crippen LogP contribution in [0.4, 0.5) is 14.6 Å². The second-order valence-corrected chi connectivity index (χ2v) is 9.97. The third-order valence-corrected chi connectivity index (χ3v) is 7.20. The lowest BCUT2D eigenvalue weighted by Gasteiger charge is -2.38. The van der Waals surface area contributed by atoms with Gasteiger partial charge in [-0.25, -0.2) is 23.7 Å². The zero-order valence-electron chi connectivity index (χ0n) is 22.0. The number of aryl methyl sites for hydroxylation is 1. The number of aliphatic hydroxyl groups is 1. The summed E-state index contributed by atoms with van der Waals surface area (Å²) in [5.41, 5.74) is 2.85. The maximum Gasteiger partial charge on any atom is 0.301 e. The van der Waals surface area contributed by atoms with Crippen LogP contribution in [-0.4, -0.2) is 75.6 Å². The van der Waals surface area contributed by atoms with Gasteiger partial charge in [-0.15, -0.1) is 0 Å². The Morgan fingerprint density at radius 2 is 2.00 bits per heavy atom. The molecule has 2 N–H and O–H groups in total. The molecule has 1 aliphatic heterocycles. The molecule has 3 aromatic rings. The molecule has 0 spiro atoms. The van der Waals surface area contributed by atoms with Crippen molar-refractivity contribution in [3.05, 3.63) is 60.0 Å². The minimum Gasteiger partial charge on any atom is -0.484 e. The van der Waals surface area contributed by atoms with Crippen LogP contribution in [0.5, 0.6) is 11.6 Å². The summed E-state index contributed by atoms with van der Waals surface area (Å²) in [6.07, 6.45) is 2.32. The number of halogens is 2. The van der Waals surface area contributed by atoms with E-state index in [0.717, 1.165) is 10.5 Å². The average molecular weight is 554 g/mol. The highest BCUT2D eigenvalue weighted by Gasteiger charge is 2.47. The van der Waals surface area contributed by atoms with E-state index in [1.165, 1.54) is 6.33 Å². The van der Waals surface area contributed by atoms with Crippen molar-refractivity contribution >= 4 is 17.6 Å². The Morgan fingerprint density at radius 1 is 1.18 bits per heavy atom. The van der Waals surface area contributed by atoms with Gasteiger partial charge < -0.3 is 24.8 Å². The first-order chi connectivity index (χ1) is 19.2. The van der Waals surface area contributed by atoms with Crippen molar-refractivity contribution in [1.29, 1.82) is 0 Å². The van der Waals surface area contributed by atoms with Crippen LogP contribution < -0.4 is 14.8 Å². The number of pyridine rings is 1. The predicted octanol–water partition coefficient (Wildman–Crippen LogP) is 3.21. The van der Waals surface area contributed by atoms with Crippen molar-refractivity contribution in [2.75, 3.05) is 32.1 Å². The zero-order chi connectivity index (χ0) is 28.4. The maximum absolute atomic E-state index is 14.7. The lowest BCUT2D eigenvalue weighted by Crippen LogP contribution is -2.55. The fourth-order valence-electron chi connectivity index (χ4n) is 4.86. The second-order valence-electron chi connectivity index (χ2n) is 9.97. The van der Waals surface area contributed by atoms with Crippen molar-refractivity contribution in [2.45, 2.75) is 37.7 Å². The Kier molecular flexibility index (Phi) is 7.61. The third kappa shape index (κ3) is 5.86. The number of anilines is 1. The number of piperidine rings is 1. The zero-order valence-corrected chi connectivity index (χ0v) is 22.0. The summed E-state index contributed by atoms with van der Waals surface area (Å²) >= 11 is 0. The monoisotopic (exact) mass is 553 g/mol. The van der Waals surface area contributed by atoms with E-state index in [-0.39, 0.29) is 30.7 Å². The molecule has 210 valence electrons. The molecule has 10 nitrogen and oxygen atoms in total. The number of methoxy groups -OCH3 is 1. The van der Waals surface area contributed by atoms with Crippen molar-refractivity contribution in [2.24, 2.45) is 5.92 Å². The average Bonchev–Trinajstić information content (AvgIpc) is 3.76. The smallest absolute Gasteiger partial charge is 0.301 e. The highest BCUT2D eigenvalue weighted by molar-refractivity contribution is 5.94. The molecule has 5 rings (SSSR count). The van der Waals surface area contributed by atoms with Crippen LogP contribution in [0.1, 0.15) is 29.9 Å². The van der Waals surface area contributed by atoms with Gasteiger partial charge in [0.15, 0.2) is 6.10 Å². The molecule has 1 aliphatic carbocycles. The van der Waals surface area contributed by atoms with Gasteiger partial charge in [0, 0.05) is 42.8 Å². The Morgan fingerprint density at radius 3 is 2.67 bits per heavy atom. The van der Waals surface area contributed by atoms with Gasteiger partial charge in [0.25, 0.3) is 0 Å². The number of rotatable bonds is 8. The molecule has 0 radical (unpaired) electrons. The molecule has 2 aliphatic rings. The molecule has 40 heavy (non-hydrogen) atoms. The Labute approximate surface area is 229 Å². The van der Waals surface area contributed by atoms with Crippen LogP contribution in [-0.2, 0) is 9.59 Å². The predicted molar refractivity (Wildman–Crippen MR) is 140 cm³/mol. The molecule has 0 bridgehead atoms. The summed E-state index contributed by atoms with van der Waals surface area (Å²) in [6.45, 7) is 0.207. The number of alkyl halides is 2. The topological polar surface area (TPSA) is 127 Å². The van der Waals surface area contributed by atoms with Gasteiger partial charge in [-0.2, -0.15) is 0 Å². The van der Waals surface area contributed by atoms with Crippen LogP contribution in [0.15, 0.2) is 48.9 Å². The number of likely N-dealkylation sites (tertiary alicyclic amines) is 1. The third-order valence-electron chi connectivity index (χ3n) is 7.20. The number of carbonyl (C=O) groups excluding carboxylic acids is 2.